The lowest BCUT2D eigenvalue weighted by molar-refractivity contribution is 0.411. The topological polar surface area (TPSA) is 63.5 Å². The molecule has 2 N–H and O–H groups in total. The zero-order valence-electron chi connectivity index (χ0n) is 16.4. The van der Waals surface area contributed by atoms with Gasteiger partial charge in [0.05, 0.1) is 24.7 Å². The molecule has 0 aliphatic heterocycles. The summed E-state index contributed by atoms with van der Waals surface area (Å²) in [5.41, 5.74) is 4.52. The average Bonchev–Trinajstić information content (AvgIpc) is 3.01. The summed E-state index contributed by atoms with van der Waals surface area (Å²) in [6.45, 7) is 3.45. The number of rotatable bonds is 6. The fraction of sp³-hybridized carbons (Fsp3) is 0.333. The second-order valence-electron chi connectivity index (χ2n) is 6.48. The monoisotopic (exact) mass is 365 g/mol. The largest absolute Gasteiger partial charge is 0.496 e. The van der Waals surface area contributed by atoms with Crippen LogP contribution in [0.15, 0.2) is 47.5 Å². The van der Waals surface area contributed by atoms with Crippen molar-refractivity contribution in [2.45, 2.75) is 19.9 Å². The van der Waals surface area contributed by atoms with Crippen molar-refractivity contribution in [3.8, 4) is 5.75 Å². The van der Waals surface area contributed by atoms with E-state index in [2.05, 4.69) is 49.4 Å². The number of fused-ring (bicyclic) bond motifs is 1. The van der Waals surface area contributed by atoms with Gasteiger partial charge in [-0.1, -0.05) is 24.3 Å². The van der Waals surface area contributed by atoms with Crippen LogP contribution in [0.25, 0.3) is 11.0 Å². The molecule has 142 valence electrons. The summed E-state index contributed by atoms with van der Waals surface area (Å²) in [5.74, 6) is 2.67. The summed E-state index contributed by atoms with van der Waals surface area (Å²) >= 11 is 0. The summed E-state index contributed by atoms with van der Waals surface area (Å²) < 4.78 is 7.50. The molecule has 2 aromatic carbocycles. The zero-order chi connectivity index (χ0) is 19.2. The van der Waals surface area contributed by atoms with E-state index in [1.54, 1.807) is 14.2 Å². The highest BCUT2D eigenvalue weighted by Crippen LogP contribution is 2.19. The van der Waals surface area contributed by atoms with E-state index in [-0.39, 0.29) is 0 Å². The van der Waals surface area contributed by atoms with Crippen molar-refractivity contribution in [2.24, 2.45) is 12.0 Å². The van der Waals surface area contributed by atoms with Crippen LogP contribution in [-0.4, -0.2) is 36.2 Å². The van der Waals surface area contributed by atoms with E-state index < -0.39 is 0 Å². The molecular weight excluding hydrogens is 338 g/mol. The van der Waals surface area contributed by atoms with Crippen LogP contribution in [0.5, 0.6) is 5.75 Å². The molecule has 0 radical (unpaired) electrons. The van der Waals surface area contributed by atoms with Gasteiger partial charge in [-0.05, 0) is 42.7 Å². The smallest absolute Gasteiger partial charge is 0.191 e. The Balaban J connectivity index is 1.54. The predicted molar refractivity (Wildman–Crippen MR) is 110 cm³/mol. The molecule has 0 amide bonds. The number of nitrogens with one attached hydrogen (secondary N) is 2. The number of ether oxygens (including phenoxy) is 1. The molecule has 0 atom stereocenters. The molecule has 0 spiro atoms. The quantitative estimate of drug-likeness (QED) is 0.521. The van der Waals surface area contributed by atoms with Crippen molar-refractivity contribution in [1.82, 2.24) is 20.2 Å². The minimum atomic E-state index is 0.614. The van der Waals surface area contributed by atoms with Crippen LogP contribution in [0.4, 0.5) is 0 Å². The maximum Gasteiger partial charge on any atom is 0.191 e. The van der Waals surface area contributed by atoms with Gasteiger partial charge in [0.2, 0.25) is 0 Å². The first-order chi connectivity index (χ1) is 13.1. The second kappa shape index (κ2) is 8.58. The molecule has 0 aliphatic carbocycles. The van der Waals surface area contributed by atoms with Gasteiger partial charge in [0.15, 0.2) is 5.96 Å². The normalized spacial score (nSPS) is 11.6. The zero-order valence-corrected chi connectivity index (χ0v) is 16.4. The summed E-state index contributed by atoms with van der Waals surface area (Å²) in [7, 11) is 5.52. The van der Waals surface area contributed by atoms with Crippen LogP contribution >= 0.6 is 0 Å². The molecule has 3 rings (SSSR count). The van der Waals surface area contributed by atoms with E-state index in [1.165, 1.54) is 5.56 Å². The molecule has 27 heavy (non-hydrogen) atoms. The molecule has 3 aromatic rings. The number of nitrogens with zero attached hydrogens (tertiary/aromatic N) is 3. The number of hydrogen-bond donors (Lipinski definition) is 2. The van der Waals surface area contributed by atoms with Gasteiger partial charge < -0.3 is 19.9 Å². The van der Waals surface area contributed by atoms with Crippen LogP contribution in [-0.2, 0) is 20.0 Å². The number of benzene rings is 2. The molecule has 0 saturated heterocycles. The maximum atomic E-state index is 5.39. The van der Waals surface area contributed by atoms with Gasteiger partial charge in [-0.25, -0.2) is 4.98 Å². The van der Waals surface area contributed by atoms with E-state index in [9.17, 15) is 0 Å². The number of methoxy groups -OCH3 is 1. The summed E-state index contributed by atoms with van der Waals surface area (Å²) in [4.78, 5) is 8.98. The van der Waals surface area contributed by atoms with Crippen LogP contribution in [0.1, 0.15) is 17.0 Å². The molecule has 0 saturated carbocycles. The Morgan fingerprint density at radius 1 is 1.19 bits per heavy atom. The van der Waals surface area contributed by atoms with Gasteiger partial charge in [-0.3, -0.25) is 4.99 Å². The Bertz CT molecular complexity index is 945. The number of para-hydroxylation sites is 2. The minimum absolute atomic E-state index is 0.614. The highest BCUT2D eigenvalue weighted by atomic mass is 16.5. The van der Waals surface area contributed by atoms with E-state index in [0.29, 0.717) is 6.54 Å². The predicted octanol–water partition coefficient (Wildman–Crippen LogP) is 2.80. The summed E-state index contributed by atoms with van der Waals surface area (Å²) in [6.07, 6.45) is 0.892. The molecule has 0 bridgehead atoms. The van der Waals surface area contributed by atoms with E-state index in [1.807, 2.05) is 32.2 Å². The number of aromatic nitrogens is 2. The van der Waals surface area contributed by atoms with Gasteiger partial charge >= 0.3 is 0 Å². The fourth-order valence-corrected chi connectivity index (χ4v) is 3.08. The van der Waals surface area contributed by atoms with Gasteiger partial charge in [0.25, 0.3) is 0 Å². The molecular formula is C21H27N5O. The third kappa shape index (κ3) is 4.39. The molecule has 6 nitrogen and oxygen atoms in total. The van der Waals surface area contributed by atoms with Crippen LogP contribution in [0.3, 0.4) is 0 Å². The first kappa shape index (κ1) is 18.8. The van der Waals surface area contributed by atoms with Crippen LogP contribution in [0.2, 0.25) is 0 Å². The first-order valence-corrected chi connectivity index (χ1v) is 9.10. The van der Waals surface area contributed by atoms with Crippen molar-refractivity contribution < 1.29 is 4.74 Å². The Hall–Kier alpha value is -3.02. The lowest BCUT2D eigenvalue weighted by Gasteiger charge is -2.12. The third-order valence-corrected chi connectivity index (χ3v) is 4.70. The van der Waals surface area contributed by atoms with Crippen molar-refractivity contribution in [2.75, 3.05) is 20.7 Å². The molecule has 6 heteroatoms. The van der Waals surface area contributed by atoms with E-state index in [0.717, 1.165) is 47.1 Å². The average molecular weight is 365 g/mol. The Kier molecular flexibility index (Phi) is 5.96. The lowest BCUT2D eigenvalue weighted by Crippen LogP contribution is -2.38. The molecule has 0 fully saturated rings. The number of hydrogen-bond acceptors (Lipinski definition) is 3. The van der Waals surface area contributed by atoms with E-state index >= 15 is 0 Å². The molecule has 0 aliphatic rings. The van der Waals surface area contributed by atoms with Crippen LogP contribution < -0.4 is 15.4 Å². The minimum Gasteiger partial charge on any atom is -0.496 e. The maximum absolute atomic E-state index is 5.39. The second-order valence-corrected chi connectivity index (χ2v) is 6.48. The Morgan fingerprint density at radius 3 is 2.74 bits per heavy atom. The Morgan fingerprint density at radius 2 is 2.00 bits per heavy atom. The number of guanidine groups is 1. The van der Waals surface area contributed by atoms with Crippen molar-refractivity contribution in [1.29, 1.82) is 0 Å². The van der Waals surface area contributed by atoms with Crippen molar-refractivity contribution >= 4 is 17.0 Å². The van der Waals surface area contributed by atoms with Gasteiger partial charge in [0.1, 0.15) is 11.6 Å². The molecule has 1 heterocycles. The fourth-order valence-electron chi connectivity index (χ4n) is 3.08. The molecule has 1 aromatic heterocycles. The highest BCUT2D eigenvalue weighted by Gasteiger charge is 2.08. The number of aliphatic imine (C=N–C) groups is 1. The number of aryl methyl sites for hydroxylation is 2. The first-order valence-electron chi connectivity index (χ1n) is 9.10. The summed E-state index contributed by atoms with van der Waals surface area (Å²) in [6, 6.07) is 14.5. The van der Waals surface area contributed by atoms with Gasteiger partial charge in [-0.2, -0.15) is 0 Å². The lowest BCUT2D eigenvalue weighted by atomic mass is 10.1. The van der Waals surface area contributed by atoms with Gasteiger partial charge in [0, 0.05) is 20.6 Å². The van der Waals surface area contributed by atoms with Gasteiger partial charge in [-0.15, -0.1) is 0 Å². The van der Waals surface area contributed by atoms with Crippen molar-refractivity contribution in [3.63, 3.8) is 0 Å². The van der Waals surface area contributed by atoms with E-state index in [4.69, 9.17) is 4.74 Å². The Labute approximate surface area is 160 Å². The standard InChI is InChI=1S/C21H27N5O/c1-15-9-10-16(13-19(15)27-4)11-12-23-21(22-2)24-14-20-25-17-7-5-6-8-18(17)26(20)3/h5-10,13H,11-12,14H2,1-4H3,(H2,22,23,24). The SMILES string of the molecule is CN=C(NCCc1ccc(C)c(OC)c1)NCc1nc2ccccc2n1C. The summed E-state index contributed by atoms with van der Waals surface area (Å²) in [5, 5.41) is 6.69. The number of imidazole rings is 1. The van der Waals surface area contributed by atoms with Crippen LogP contribution in [0, 0.1) is 6.92 Å². The van der Waals surface area contributed by atoms with Crippen molar-refractivity contribution in [3.05, 3.63) is 59.4 Å². The highest BCUT2D eigenvalue weighted by molar-refractivity contribution is 5.80. The molecule has 0 unspecified atom stereocenters. The third-order valence-electron chi connectivity index (χ3n) is 4.70.